The van der Waals surface area contributed by atoms with E-state index in [2.05, 4.69) is 22.6 Å². The van der Waals surface area contributed by atoms with Crippen molar-refractivity contribution in [3.8, 4) is 0 Å². The van der Waals surface area contributed by atoms with Crippen molar-refractivity contribution in [2.24, 2.45) is 0 Å². The lowest BCUT2D eigenvalue weighted by Gasteiger charge is -2.05. The highest BCUT2D eigenvalue weighted by atomic mass is 127. The summed E-state index contributed by atoms with van der Waals surface area (Å²) >= 11 is 2.20. The van der Waals surface area contributed by atoms with Gasteiger partial charge in [0.05, 0.1) is 0 Å². The van der Waals surface area contributed by atoms with Crippen molar-refractivity contribution in [2.75, 3.05) is 0 Å². The van der Waals surface area contributed by atoms with Gasteiger partial charge in [0.25, 0.3) is 0 Å². The fraction of sp³-hybridized carbons (Fsp3) is 0.0833. The maximum atomic E-state index is 11.5. The van der Waals surface area contributed by atoms with Crippen LogP contribution in [0.25, 0.3) is 10.8 Å². The third-order valence-electron chi connectivity index (χ3n) is 2.23. The third-order valence-corrected chi connectivity index (χ3v) is 3.13. The topological polar surface area (TPSA) is 17.1 Å². The molecule has 2 rings (SSSR count). The van der Waals surface area contributed by atoms with Crippen molar-refractivity contribution in [1.29, 1.82) is 0 Å². The molecule has 0 saturated carbocycles. The van der Waals surface area contributed by atoms with Crippen LogP contribution in [-0.2, 0) is 0 Å². The molecule has 0 radical (unpaired) electrons. The first-order valence-electron chi connectivity index (χ1n) is 4.38. The van der Waals surface area contributed by atoms with Crippen molar-refractivity contribution in [2.45, 2.75) is 6.92 Å². The van der Waals surface area contributed by atoms with Crippen LogP contribution in [-0.4, -0.2) is 5.78 Å². The number of hydrogen-bond donors (Lipinski definition) is 0. The number of rotatable bonds is 1. The molecule has 0 aliphatic rings. The van der Waals surface area contributed by atoms with Gasteiger partial charge in [-0.3, -0.25) is 4.79 Å². The molecule has 0 N–H and O–H groups in total. The van der Waals surface area contributed by atoms with Gasteiger partial charge in [0.15, 0.2) is 5.78 Å². The molecule has 2 aromatic rings. The van der Waals surface area contributed by atoms with Crippen LogP contribution in [0.15, 0.2) is 36.4 Å². The minimum atomic E-state index is 0.131. The first-order chi connectivity index (χ1) is 6.70. The van der Waals surface area contributed by atoms with E-state index in [1.165, 1.54) is 0 Å². The van der Waals surface area contributed by atoms with Crippen molar-refractivity contribution in [3.63, 3.8) is 0 Å². The zero-order chi connectivity index (χ0) is 10.1. The van der Waals surface area contributed by atoms with Crippen molar-refractivity contribution < 1.29 is 4.79 Å². The molecule has 2 aromatic carbocycles. The average molecular weight is 296 g/mol. The van der Waals surface area contributed by atoms with E-state index in [0.29, 0.717) is 0 Å². The van der Waals surface area contributed by atoms with Crippen LogP contribution >= 0.6 is 22.6 Å². The summed E-state index contributed by atoms with van der Waals surface area (Å²) in [5, 5.41) is 2.17. The Balaban J connectivity index is 2.90. The average Bonchev–Trinajstić information content (AvgIpc) is 2.17. The summed E-state index contributed by atoms with van der Waals surface area (Å²) in [5.74, 6) is 0.131. The lowest BCUT2D eigenvalue weighted by atomic mass is 10.0. The molecule has 0 aliphatic heterocycles. The molecule has 0 bridgehead atoms. The van der Waals surface area contributed by atoms with Gasteiger partial charge in [-0.25, -0.2) is 0 Å². The first kappa shape index (κ1) is 9.65. The molecule has 0 heterocycles. The van der Waals surface area contributed by atoms with Gasteiger partial charge in [0, 0.05) is 9.13 Å². The van der Waals surface area contributed by atoms with Gasteiger partial charge < -0.3 is 0 Å². The predicted octanol–water partition coefficient (Wildman–Crippen LogP) is 3.65. The summed E-state index contributed by atoms with van der Waals surface area (Å²) in [4.78, 5) is 11.5. The lowest BCUT2D eigenvalue weighted by Crippen LogP contribution is -1.97. The number of benzene rings is 2. The fourth-order valence-electron chi connectivity index (χ4n) is 1.60. The second kappa shape index (κ2) is 3.69. The number of fused-ring (bicyclic) bond motifs is 1. The third kappa shape index (κ3) is 1.54. The molecule has 70 valence electrons. The molecular weight excluding hydrogens is 287 g/mol. The highest BCUT2D eigenvalue weighted by Crippen LogP contribution is 2.23. The van der Waals surface area contributed by atoms with Crippen LogP contribution in [0.2, 0.25) is 0 Å². The molecule has 0 aliphatic carbocycles. The normalized spacial score (nSPS) is 10.4. The molecule has 0 atom stereocenters. The van der Waals surface area contributed by atoms with E-state index in [1.54, 1.807) is 6.92 Å². The Kier molecular flexibility index (Phi) is 2.54. The summed E-state index contributed by atoms with van der Waals surface area (Å²) in [7, 11) is 0. The van der Waals surface area contributed by atoms with Gasteiger partial charge in [-0.05, 0) is 46.4 Å². The number of carbonyl (C=O) groups excluding carboxylic acids is 1. The van der Waals surface area contributed by atoms with Gasteiger partial charge in [-0.1, -0.05) is 30.3 Å². The minimum absolute atomic E-state index is 0.131. The molecule has 0 saturated heterocycles. The molecule has 0 amide bonds. The van der Waals surface area contributed by atoms with E-state index in [1.807, 2.05) is 36.4 Å². The molecular formula is C12H9IO. The highest BCUT2D eigenvalue weighted by Gasteiger charge is 2.08. The van der Waals surface area contributed by atoms with Crippen molar-refractivity contribution in [3.05, 3.63) is 45.5 Å². The van der Waals surface area contributed by atoms with Gasteiger partial charge in [0.2, 0.25) is 0 Å². The highest BCUT2D eigenvalue weighted by molar-refractivity contribution is 14.1. The molecule has 1 nitrogen and oxygen atoms in total. The molecule has 0 aromatic heterocycles. The number of carbonyl (C=O) groups is 1. The van der Waals surface area contributed by atoms with E-state index in [0.717, 1.165) is 19.9 Å². The van der Waals surface area contributed by atoms with Crippen molar-refractivity contribution >= 4 is 39.1 Å². The van der Waals surface area contributed by atoms with E-state index >= 15 is 0 Å². The SMILES string of the molecule is CC(=O)c1c(I)ccc2ccccc12. The number of halogens is 1. The lowest BCUT2D eigenvalue weighted by molar-refractivity contribution is 0.101. The summed E-state index contributed by atoms with van der Waals surface area (Å²) < 4.78 is 1.02. The van der Waals surface area contributed by atoms with E-state index in [4.69, 9.17) is 0 Å². The standard InChI is InChI=1S/C12H9IO/c1-8(14)12-10-5-3-2-4-9(10)6-7-11(12)13/h2-7H,1H3. The molecule has 0 unspecified atom stereocenters. The fourth-order valence-corrected chi connectivity index (χ4v) is 2.45. The smallest absolute Gasteiger partial charge is 0.161 e. The van der Waals surface area contributed by atoms with E-state index in [-0.39, 0.29) is 5.78 Å². The second-order valence-electron chi connectivity index (χ2n) is 3.20. The Morgan fingerprint density at radius 3 is 2.57 bits per heavy atom. The second-order valence-corrected chi connectivity index (χ2v) is 4.36. The van der Waals surface area contributed by atoms with E-state index in [9.17, 15) is 4.79 Å². The Morgan fingerprint density at radius 1 is 1.14 bits per heavy atom. The van der Waals surface area contributed by atoms with Crippen LogP contribution in [0.3, 0.4) is 0 Å². The summed E-state index contributed by atoms with van der Waals surface area (Å²) in [6.07, 6.45) is 0. The number of ketones is 1. The largest absolute Gasteiger partial charge is 0.294 e. The Hall–Kier alpha value is -0.900. The summed E-state index contributed by atoms with van der Waals surface area (Å²) in [6, 6.07) is 12.0. The predicted molar refractivity (Wildman–Crippen MR) is 66.7 cm³/mol. The maximum Gasteiger partial charge on any atom is 0.161 e. The number of Topliss-reactive ketones (excluding diaryl/α,β-unsaturated/α-hetero) is 1. The molecule has 0 spiro atoms. The molecule has 14 heavy (non-hydrogen) atoms. The zero-order valence-corrected chi connectivity index (χ0v) is 9.91. The van der Waals surface area contributed by atoms with Crippen molar-refractivity contribution in [1.82, 2.24) is 0 Å². The Labute approximate surface area is 96.3 Å². The quantitative estimate of drug-likeness (QED) is 0.580. The Morgan fingerprint density at radius 2 is 1.86 bits per heavy atom. The summed E-state index contributed by atoms with van der Waals surface area (Å²) in [6.45, 7) is 1.62. The van der Waals surface area contributed by atoms with Gasteiger partial charge in [-0.2, -0.15) is 0 Å². The zero-order valence-electron chi connectivity index (χ0n) is 7.75. The first-order valence-corrected chi connectivity index (χ1v) is 5.46. The van der Waals surface area contributed by atoms with Crippen LogP contribution in [0.5, 0.6) is 0 Å². The van der Waals surface area contributed by atoms with Crippen LogP contribution < -0.4 is 0 Å². The van der Waals surface area contributed by atoms with E-state index < -0.39 is 0 Å². The summed E-state index contributed by atoms with van der Waals surface area (Å²) in [5.41, 5.74) is 0.837. The maximum absolute atomic E-state index is 11.5. The molecule has 0 fully saturated rings. The van der Waals surface area contributed by atoms with Gasteiger partial charge in [-0.15, -0.1) is 0 Å². The van der Waals surface area contributed by atoms with Crippen LogP contribution in [0.1, 0.15) is 17.3 Å². The molecule has 2 heteroatoms. The van der Waals surface area contributed by atoms with Crippen LogP contribution in [0.4, 0.5) is 0 Å². The Bertz CT molecular complexity index is 503. The number of hydrogen-bond acceptors (Lipinski definition) is 1. The van der Waals surface area contributed by atoms with Crippen LogP contribution in [0, 0.1) is 3.57 Å². The van der Waals surface area contributed by atoms with Gasteiger partial charge >= 0.3 is 0 Å². The van der Waals surface area contributed by atoms with Gasteiger partial charge in [0.1, 0.15) is 0 Å². The monoisotopic (exact) mass is 296 g/mol. The minimum Gasteiger partial charge on any atom is -0.294 e.